The second-order valence-electron chi connectivity index (χ2n) is 3.42. The van der Waals surface area contributed by atoms with Gasteiger partial charge in [0, 0.05) is 18.0 Å². The number of halogens is 1. The van der Waals surface area contributed by atoms with Crippen molar-refractivity contribution in [1.82, 2.24) is 9.97 Å². The molecule has 0 aliphatic rings. The summed E-state index contributed by atoms with van der Waals surface area (Å²) in [5.74, 6) is 0.0891. The normalized spacial score (nSPS) is 10.1. The third-order valence-electron chi connectivity index (χ3n) is 2.25. The molecule has 2 rings (SSSR count). The summed E-state index contributed by atoms with van der Waals surface area (Å²) >= 11 is 0. The van der Waals surface area contributed by atoms with Gasteiger partial charge in [0.1, 0.15) is 5.82 Å². The van der Waals surface area contributed by atoms with Crippen molar-refractivity contribution in [3.8, 4) is 11.4 Å². The first-order valence-electron chi connectivity index (χ1n) is 4.74. The molecule has 4 heteroatoms. The number of nitrogens with zero attached hydrogens (tertiary/aromatic N) is 2. The fourth-order valence-corrected chi connectivity index (χ4v) is 1.37. The maximum Gasteiger partial charge on any atom is 0.159 e. The van der Waals surface area contributed by atoms with Crippen molar-refractivity contribution >= 4 is 6.29 Å². The largest absolute Gasteiger partial charge is 0.298 e. The minimum atomic E-state index is -0.330. The number of carbonyl (C=O) groups excluding carboxylic acids is 1. The molecule has 0 N–H and O–H groups in total. The fourth-order valence-electron chi connectivity index (χ4n) is 1.37. The molecule has 0 aliphatic heterocycles. The van der Waals surface area contributed by atoms with Gasteiger partial charge in [-0.25, -0.2) is 14.4 Å². The molecule has 0 amide bonds. The standard InChI is InChI=1S/C12H9FN2O/c1-8-2-3-10(13)4-11(8)12-14-5-9(7-16)6-15-12/h2-7H,1H3. The van der Waals surface area contributed by atoms with E-state index >= 15 is 0 Å². The Morgan fingerprint density at radius 1 is 1.25 bits per heavy atom. The van der Waals surface area contributed by atoms with Crippen molar-refractivity contribution in [3.05, 3.63) is 47.5 Å². The lowest BCUT2D eigenvalue weighted by Gasteiger charge is -2.03. The Morgan fingerprint density at radius 3 is 2.56 bits per heavy atom. The highest BCUT2D eigenvalue weighted by atomic mass is 19.1. The molecule has 3 nitrogen and oxygen atoms in total. The predicted octanol–water partition coefficient (Wildman–Crippen LogP) is 2.40. The van der Waals surface area contributed by atoms with Gasteiger partial charge in [0.05, 0.1) is 5.56 Å². The van der Waals surface area contributed by atoms with Gasteiger partial charge in [-0.1, -0.05) is 6.07 Å². The van der Waals surface area contributed by atoms with Crippen LogP contribution in [0, 0.1) is 12.7 Å². The van der Waals surface area contributed by atoms with E-state index in [0.29, 0.717) is 23.2 Å². The molecule has 0 saturated heterocycles. The van der Waals surface area contributed by atoms with E-state index in [1.54, 1.807) is 6.07 Å². The van der Waals surface area contributed by atoms with Gasteiger partial charge in [0.25, 0.3) is 0 Å². The number of carbonyl (C=O) groups is 1. The lowest BCUT2D eigenvalue weighted by atomic mass is 10.1. The van der Waals surface area contributed by atoms with E-state index in [4.69, 9.17) is 0 Å². The number of rotatable bonds is 2. The van der Waals surface area contributed by atoms with Gasteiger partial charge >= 0.3 is 0 Å². The molecule has 1 heterocycles. The van der Waals surface area contributed by atoms with Crippen LogP contribution in [-0.4, -0.2) is 16.3 Å². The Bertz CT molecular complexity index is 523. The summed E-state index contributed by atoms with van der Waals surface area (Å²) in [6, 6.07) is 4.44. The Balaban J connectivity index is 2.49. The van der Waals surface area contributed by atoms with E-state index < -0.39 is 0 Å². The van der Waals surface area contributed by atoms with Crippen molar-refractivity contribution in [2.45, 2.75) is 6.92 Å². The van der Waals surface area contributed by atoms with Crippen molar-refractivity contribution in [2.24, 2.45) is 0 Å². The van der Waals surface area contributed by atoms with Crippen molar-refractivity contribution in [2.75, 3.05) is 0 Å². The molecule has 2 aromatic rings. The number of aromatic nitrogens is 2. The van der Waals surface area contributed by atoms with Gasteiger partial charge in [0.2, 0.25) is 0 Å². The van der Waals surface area contributed by atoms with Crippen LogP contribution in [-0.2, 0) is 0 Å². The van der Waals surface area contributed by atoms with E-state index in [1.807, 2.05) is 6.92 Å². The molecular weight excluding hydrogens is 207 g/mol. The van der Waals surface area contributed by atoms with Crippen LogP contribution >= 0.6 is 0 Å². The van der Waals surface area contributed by atoms with Crippen LogP contribution in [0.1, 0.15) is 15.9 Å². The number of hydrogen-bond acceptors (Lipinski definition) is 3. The zero-order valence-electron chi connectivity index (χ0n) is 8.64. The van der Waals surface area contributed by atoms with Crippen LogP contribution in [0.5, 0.6) is 0 Å². The van der Waals surface area contributed by atoms with Crippen molar-refractivity contribution < 1.29 is 9.18 Å². The van der Waals surface area contributed by atoms with Gasteiger partial charge in [-0.3, -0.25) is 4.79 Å². The second-order valence-corrected chi connectivity index (χ2v) is 3.42. The molecular formula is C12H9FN2O. The molecule has 80 valence electrons. The van der Waals surface area contributed by atoms with Crippen molar-refractivity contribution in [3.63, 3.8) is 0 Å². The number of aryl methyl sites for hydroxylation is 1. The fraction of sp³-hybridized carbons (Fsp3) is 0.0833. The molecule has 1 aromatic heterocycles. The zero-order chi connectivity index (χ0) is 11.5. The molecule has 16 heavy (non-hydrogen) atoms. The Morgan fingerprint density at radius 2 is 1.94 bits per heavy atom. The smallest absolute Gasteiger partial charge is 0.159 e. The second kappa shape index (κ2) is 4.18. The summed E-state index contributed by atoms with van der Waals surface area (Å²) in [4.78, 5) is 18.5. The third kappa shape index (κ3) is 1.95. The summed E-state index contributed by atoms with van der Waals surface area (Å²) in [7, 11) is 0. The summed E-state index contributed by atoms with van der Waals surface area (Å²) in [6.45, 7) is 1.85. The predicted molar refractivity (Wildman–Crippen MR) is 57.6 cm³/mol. The first-order valence-corrected chi connectivity index (χ1v) is 4.74. The number of aldehydes is 1. The van der Waals surface area contributed by atoms with Crippen LogP contribution in [0.2, 0.25) is 0 Å². The van der Waals surface area contributed by atoms with Crippen LogP contribution in [0.4, 0.5) is 4.39 Å². The topological polar surface area (TPSA) is 42.9 Å². The molecule has 0 fully saturated rings. The minimum Gasteiger partial charge on any atom is -0.298 e. The van der Waals surface area contributed by atoms with Crippen LogP contribution in [0.25, 0.3) is 11.4 Å². The highest BCUT2D eigenvalue weighted by Crippen LogP contribution is 2.20. The monoisotopic (exact) mass is 216 g/mol. The van der Waals surface area contributed by atoms with Gasteiger partial charge < -0.3 is 0 Å². The van der Waals surface area contributed by atoms with Crippen LogP contribution < -0.4 is 0 Å². The Hall–Kier alpha value is -2.10. The lowest BCUT2D eigenvalue weighted by Crippen LogP contribution is -1.94. The van der Waals surface area contributed by atoms with Gasteiger partial charge in [-0.2, -0.15) is 0 Å². The van der Waals surface area contributed by atoms with E-state index in [-0.39, 0.29) is 5.82 Å². The van der Waals surface area contributed by atoms with E-state index in [0.717, 1.165) is 5.56 Å². The molecule has 0 saturated carbocycles. The van der Waals surface area contributed by atoms with E-state index in [2.05, 4.69) is 9.97 Å². The average molecular weight is 216 g/mol. The van der Waals surface area contributed by atoms with Crippen LogP contribution in [0.3, 0.4) is 0 Å². The van der Waals surface area contributed by atoms with E-state index in [9.17, 15) is 9.18 Å². The Kier molecular flexibility index (Phi) is 2.72. The van der Waals surface area contributed by atoms with Crippen molar-refractivity contribution in [1.29, 1.82) is 0 Å². The summed E-state index contributed by atoms with van der Waals surface area (Å²) in [5.41, 5.74) is 1.93. The highest BCUT2D eigenvalue weighted by molar-refractivity contribution is 5.74. The molecule has 0 aliphatic carbocycles. The summed E-state index contributed by atoms with van der Waals surface area (Å²) in [6.07, 6.45) is 3.50. The maximum atomic E-state index is 13.1. The Labute approximate surface area is 92.0 Å². The quantitative estimate of drug-likeness (QED) is 0.724. The lowest BCUT2D eigenvalue weighted by molar-refractivity contribution is 0.112. The SMILES string of the molecule is Cc1ccc(F)cc1-c1ncc(C=O)cn1. The zero-order valence-corrected chi connectivity index (χ0v) is 8.64. The van der Waals surface area contributed by atoms with E-state index in [1.165, 1.54) is 24.5 Å². The average Bonchev–Trinajstić information content (AvgIpc) is 2.32. The first-order chi connectivity index (χ1) is 7.70. The van der Waals surface area contributed by atoms with Gasteiger partial charge in [-0.05, 0) is 24.6 Å². The number of benzene rings is 1. The minimum absolute atomic E-state index is 0.330. The third-order valence-corrected chi connectivity index (χ3v) is 2.25. The molecule has 1 aromatic carbocycles. The molecule has 0 unspecified atom stereocenters. The molecule has 0 atom stereocenters. The summed E-state index contributed by atoms with van der Waals surface area (Å²) < 4.78 is 13.1. The number of hydrogen-bond donors (Lipinski definition) is 0. The van der Waals surface area contributed by atoms with Gasteiger partial charge in [-0.15, -0.1) is 0 Å². The first kappa shape index (κ1) is 10.4. The van der Waals surface area contributed by atoms with Gasteiger partial charge in [0.15, 0.2) is 12.1 Å². The maximum absolute atomic E-state index is 13.1. The molecule has 0 radical (unpaired) electrons. The molecule has 0 spiro atoms. The van der Waals surface area contributed by atoms with Crippen LogP contribution in [0.15, 0.2) is 30.6 Å². The summed E-state index contributed by atoms with van der Waals surface area (Å²) in [5, 5.41) is 0. The molecule has 0 bridgehead atoms. The highest BCUT2D eigenvalue weighted by Gasteiger charge is 2.06.